The Labute approximate surface area is 241 Å². The van der Waals surface area contributed by atoms with E-state index in [1.54, 1.807) is 0 Å². The van der Waals surface area contributed by atoms with Gasteiger partial charge in [0, 0.05) is 17.7 Å². The number of rotatable bonds is 6. The average Bonchev–Trinajstić information content (AvgIpc) is 2.96. The van der Waals surface area contributed by atoms with E-state index >= 15 is 0 Å². The topological polar surface area (TPSA) is 269 Å². The maximum Gasteiger partial charge on any atom is 0.230 e. The van der Waals surface area contributed by atoms with Crippen LogP contribution in [0.15, 0.2) is 39.5 Å². The van der Waals surface area contributed by atoms with Crippen molar-refractivity contribution in [1.29, 1.82) is 0 Å². The third-order valence-corrected chi connectivity index (χ3v) is 7.35. The number of benzene rings is 2. The van der Waals surface area contributed by atoms with Gasteiger partial charge in [-0.1, -0.05) is 0 Å². The van der Waals surface area contributed by atoms with E-state index in [9.17, 15) is 55.9 Å². The quantitative estimate of drug-likeness (QED) is 0.140. The number of phenols is 4. The summed E-state index contributed by atoms with van der Waals surface area (Å²) in [6.45, 7) is 0.561. The molecule has 2 saturated heterocycles. The lowest BCUT2D eigenvalue weighted by Gasteiger charge is -2.45. The molecule has 10 atom stereocenters. The average molecular weight is 611 g/mol. The number of hydrogen-bond acceptors (Lipinski definition) is 16. The van der Waals surface area contributed by atoms with Crippen molar-refractivity contribution >= 4 is 11.0 Å². The predicted octanol–water partition coefficient (Wildman–Crippen LogP) is -1.69. The summed E-state index contributed by atoms with van der Waals surface area (Å²) in [5, 5.41) is 102. The zero-order valence-corrected chi connectivity index (χ0v) is 22.3. The fourth-order valence-electron chi connectivity index (χ4n) is 4.90. The Bertz CT molecular complexity index is 1540. The van der Waals surface area contributed by atoms with Crippen LogP contribution < -0.4 is 10.2 Å². The van der Waals surface area contributed by atoms with E-state index in [4.69, 9.17) is 23.4 Å². The molecule has 16 nitrogen and oxygen atoms in total. The molecule has 2 fully saturated rings. The Morgan fingerprint density at radius 3 is 2.19 bits per heavy atom. The summed E-state index contributed by atoms with van der Waals surface area (Å²) in [4.78, 5) is 13.0. The largest absolute Gasteiger partial charge is 0.504 e. The minimum atomic E-state index is -1.88. The molecule has 3 heterocycles. The molecule has 3 aromatic rings. The van der Waals surface area contributed by atoms with Crippen molar-refractivity contribution in [1.82, 2.24) is 0 Å². The predicted molar refractivity (Wildman–Crippen MR) is 140 cm³/mol. The molecule has 1 aromatic heterocycles. The summed E-state index contributed by atoms with van der Waals surface area (Å²) >= 11 is 0. The Balaban J connectivity index is 1.50. The van der Waals surface area contributed by atoms with E-state index in [1.165, 1.54) is 13.0 Å². The van der Waals surface area contributed by atoms with Crippen LogP contribution in [0.5, 0.6) is 28.7 Å². The summed E-state index contributed by atoms with van der Waals surface area (Å²) in [5.41, 5.74) is -0.933. The molecular formula is C27H30O16. The molecule has 16 heteroatoms. The molecule has 0 spiro atoms. The highest BCUT2D eigenvalue weighted by atomic mass is 16.8. The maximum atomic E-state index is 13.0. The van der Waals surface area contributed by atoms with E-state index in [1.807, 2.05) is 0 Å². The van der Waals surface area contributed by atoms with Gasteiger partial charge in [-0.25, -0.2) is 0 Å². The van der Waals surface area contributed by atoms with Gasteiger partial charge >= 0.3 is 0 Å². The maximum absolute atomic E-state index is 13.0. The van der Waals surface area contributed by atoms with Gasteiger partial charge in [-0.3, -0.25) is 4.79 Å². The minimum Gasteiger partial charge on any atom is -0.504 e. The molecule has 2 aromatic carbocycles. The summed E-state index contributed by atoms with van der Waals surface area (Å²) in [6, 6.07) is 5.54. The van der Waals surface area contributed by atoms with Crippen molar-refractivity contribution in [2.75, 3.05) is 6.61 Å². The highest BCUT2D eigenvalue weighted by Gasteiger charge is 2.51. The molecule has 234 valence electrons. The van der Waals surface area contributed by atoms with Crippen molar-refractivity contribution < 1.29 is 74.4 Å². The zero-order chi connectivity index (χ0) is 31.3. The van der Waals surface area contributed by atoms with Crippen LogP contribution in [0.3, 0.4) is 0 Å². The number of aromatic hydroxyl groups is 4. The van der Waals surface area contributed by atoms with Crippen LogP contribution in [0.4, 0.5) is 0 Å². The summed E-state index contributed by atoms with van der Waals surface area (Å²) in [5.74, 6) is -3.44. The van der Waals surface area contributed by atoms with Crippen LogP contribution in [-0.2, 0) is 14.2 Å². The molecule has 0 amide bonds. The fourth-order valence-corrected chi connectivity index (χ4v) is 4.90. The molecule has 0 unspecified atom stereocenters. The van der Waals surface area contributed by atoms with E-state index in [2.05, 4.69) is 0 Å². The SMILES string of the molecule is C[C@@H]1O[C@@H](O[C@H]2[C@H](Oc3c(O)cc4oc(-c5ccc(O)c(O)c5)cc(=O)c4c3O)O[C@H](CO)[C@@H](O)[C@@H]2O)[C@H](O)[C@H](O)[C@H]1O. The Kier molecular flexibility index (Phi) is 8.41. The number of hydrogen-bond donors (Lipinski definition) is 10. The van der Waals surface area contributed by atoms with E-state index in [0.29, 0.717) is 0 Å². The third kappa shape index (κ3) is 5.55. The normalized spacial score (nSPS) is 33.0. The number of aliphatic hydroxyl groups excluding tert-OH is 6. The van der Waals surface area contributed by atoms with Gasteiger partial charge in [0.1, 0.15) is 53.4 Å². The number of fused-ring (bicyclic) bond motifs is 1. The van der Waals surface area contributed by atoms with Gasteiger partial charge in [-0.2, -0.15) is 0 Å². The van der Waals surface area contributed by atoms with Gasteiger partial charge in [-0.05, 0) is 25.1 Å². The molecule has 10 N–H and O–H groups in total. The molecule has 0 aliphatic carbocycles. The van der Waals surface area contributed by atoms with Crippen LogP contribution in [0.2, 0.25) is 0 Å². The van der Waals surface area contributed by atoms with Gasteiger partial charge in [0.25, 0.3) is 0 Å². The van der Waals surface area contributed by atoms with Gasteiger partial charge in [0.05, 0.1) is 12.7 Å². The fraction of sp³-hybridized carbons (Fsp3) is 0.444. The van der Waals surface area contributed by atoms with E-state index in [0.717, 1.165) is 24.3 Å². The minimum absolute atomic E-state index is 0.0835. The first-order chi connectivity index (χ1) is 20.3. The van der Waals surface area contributed by atoms with Crippen LogP contribution in [0.1, 0.15) is 6.92 Å². The molecular weight excluding hydrogens is 580 g/mol. The van der Waals surface area contributed by atoms with Crippen molar-refractivity contribution in [2.45, 2.75) is 68.3 Å². The standard InChI is InChI=1S/C27H30O16/c1-8-18(33)21(36)23(38)26(39-8)43-25-22(37)19(34)16(7-28)41-27(25)42-24-13(32)6-15-17(20(24)35)12(31)5-14(40-15)9-2-3-10(29)11(30)4-9/h2-6,8,16,18-19,21-23,25-30,32-38H,7H2,1H3/t8-,16+,18-,19+,21+,22-,23+,25+,26-,27-/m0/s1. The lowest BCUT2D eigenvalue weighted by molar-refractivity contribution is -0.354. The van der Waals surface area contributed by atoms with Gasteiger partial charge in [-0.15, -0.1) is 0 Å². The first kappa shape index (κ1) is 30.7. The zero-order valence-electron chi connectivity index (χ0n) is 22.3. The van der Waals surface area contributed by atoms with Crippen LogP contribution in [-0.4, -0.2) is 119 Å². The smallest absolute Gasteiger partial charge is 0.230 e. The monoisotopic (exact) mass is 610 g/mol. The first-order valence-electron chi connectivity index (χ1n) is 13.0. The Morgan fingerprint density at radius 2 is 1.51 bits per heavy atom. The van der Waals surface area contributed by atoms with Crippen LogP contribution in [0, 0.1) is 0 Å². The molecule has 5 rings (SSSR count). The first-order valence-corrected chi connectivity index (χ1v) is 13.0. The van der Waals surface area contributed by atoms with Crippen molar-refractivity contribution in [3.8, 4) is 40.1 Å². The number of ether oxygens (including phenoxy) is 4. The summed E-state index contributed by atoms with van der Waals surface area (Å²) in [7, 11) is 0. The van der Waals surface area contributed by atoms with E-state index in [-0.39, 0.29) is 16.9 Å². The van der Waals surface area contributed by atoms with Crippen LogP contribution >= 0.6 is 0 Å². The van der Waals surface area contributed by atoms with Gasteiger partial charge in [0.2, 0.25) is 12.0 Å². The highest BCUT2D eigenvalue weighted by molar-refractivity contribution is 5.89. The van der Waals surface area contributed by atoms with E-state index < -0.39 is 108 Å². The summed E-state index contributed by atoms with van der Waals surface area (Å²) in [6.07, 6.45) is -16.4. The van der Waals surface area contributed by atoms with Crippen LogP contribution in [0.25, 0.3) is 22.3 Å². The molecule has 0 saturated carbocycles. The molecule has 0 radical (unpaired) electrons. The Morgan fingerprint density at radius 1 is 0.791 bits per heavy atom. The summed E-state index contributed by atoms with van der Waals surface area (Å²) < 4.78 is 27.8. The molecule has 2 aliphatic heterocycles. The lowest BCUT2D eigenvalue weighted by Crippen LogP contribution is -2.64. The highest BCUT2D eigenvalue weighted by Crippen LogP contribution is 2.44. The van der Waals surface area contributed by atoms with Crippen molar-refractivity contribution in [2.24, 2.45) is 0 Å². The number of phenolic OH excluding ortho intramolecular Hbond substituents is 4. The second-order valence-corrected chi connectivity index (χ2v) is 10.2. The Hall–Kier alpha value is -3.71. The second kappa shape index (κ2) is 11.8. The van der Waals surface area contributed by atoms with Crippen molar-refractivity contribution in [3.63, 3.8) is 0 Å². The van der Waals surface area contributed by atoms with Gasteiger partial charge in [0.15, 0.2) is 40.8 Å². The molecule has 43 heavy (non-hydrogen) atoms. The van der Waals surface area contributed by atoms with Gasteiger partial charge < -0.3 is 74.4 Å². The second-order valence-electron chi connectivity index (χ2n) is 10.2. The number of aliphatic hydroxyl groups is 6. The van der Waals surface area contributed by atoms with Crippen molar-refractivity contribution in [3.05, 3.63) is 40.6 Å². The lowest BCUT2D eigenvalue weighted by atomic mass is 9.97. The molecule has 0 bridgehead atoms. The molecule has 2 aliphatic rings. The third-order valence-electron chi connectivity index (χ3n) is 7.35.